The molecule has 0 fully saturated rings. The van der Waals surface area contributed by atoms with Crippen LogP contribution in [0.1, 0.15) is 29.4 Å². The predicted octanol–water partition coefficient (Wildman–Crippen LogP) is 5.29. The highest BCUT2D eigenvalue weighted by molar-refractivity contribution is 7.71. The first-order valence-corrected chi connectivity index (χ1v) is 10.2. The minimum absolute atomic E-state index is 0.525. The summed E-state index contributed by atoms with van der Waals surface area (Å²) in [6, 6.07) is 20.9. The summed E-state index contributed by atoms with van der Waals surface area (Å²) in [7, 11) is 0. The zero-order chi connectivity index (χ0) is 20.2. The van der Waals surface area contributed by atoms with Crippen LogP contribution in [0.3, 0.4) is 0 Å². The first-order chi connectivity index (χ1) is 14.2. The molecular weight excluding hydrogens is 380 g/mol. The first-order valence-electron chi connectivity index (χ1n) is 9.75. The van der Waals surface area contributed by atoms with Crippen molar-refractivity contribution in [3.63, 3.8) is 0 Å². The normalized spacial score (nSPS) is 11.0. The summed E-state index contributed by atoms with van der Waals surface area (Å²) in [5.41, 5.74) is 6.89. The van der Waals surface area contributed by atoms with Gasteiger partial charge in [-0.05, 0) is 41.5 Å². The molecule has 4 aromatic rings. The van der Waals surface area contributed by atoms with Crippen molar-refractivity contribution in [2.75, 3.05) is 5.43 Å². The molecule has 0 amide bonds. The summed E-state index contributed by atoms with van der Waals surface area (Å²) in [6.07, 6.45) is 0.784. The number of ether oxygens (including phenoxy) is 1. The summed E-state index contributed by atoms with van der Waals surface area (Å²) in [4.78, 5) is 0. The van der Waals surface area contributed by atoms with Gasteiger partial charge in [0.05, 0.1) is 6.54 Å². The minimum atomic E-state index is 0.525. The van der Waals surface area contributed by atoms with Crippen molar-refractivity contribution in [2.45, 2.75) is 33.4 Å². The Balaban J connectivity index is 1.64. The van der Waals surface area contributed by atoms with Crippen molar-refractivity contribution in [3.05, 3.63) is 87.9 Å². The fourth-order valence-electron chi connectivity index (χ4n) is 3.37. The van der Waals surface area contributed by atoms with Crippen LogP contribution < -0.4 is 10.2 Å². The van der Waals surface area contributed by atoms with Crippen LogP contribution in [0.5, 0.6) is 5.75 Å². The monoisotopic (exact) mass is 404 g/mol. The van der Waals surface area contributed by atoms with Crippen LogP contribution in [-0.4, -0.2) is 14.9 Å². The summed E-state index contributed by atoms with van der Waals surface area (Å²) in [5.74, 6) is 1.74. The van der Waals surface area contributed by atoms with Gasteiger partial charge in [-0.2, -0.15) is 5.10 Å². The van der Waals surface area contributed by atoms with E-state index >= 15 is 0 Å². The largest absolute Gasteiger partial charge is 0.489 e. The first kappa shape index (κ1) is 19.2. The lowest BCUT2D eigenvalue weighted by atomic mass is 10.0. The third-order valence-corrected chi connectivity index (χ3v) is 5.26. The molecular formula is C23H24N4OS. The molecule has 1 heterocycles. The van der Waals surface area contributed by atoms with Crippen LogP contribution in [0.4, 0.5) is 0 Å². The Kier molecular flexibility index (Phi) is 5.62. The van der Waals surface area contributed by atoms with E-state index in [9.17, 15) is 0 Å². The standard InChI is InChI=1S/C23H24N4OS/c1-3-22-25-26-23(29)27(22)24-14-20-19-7-5-4-6-18(19)12-13-21(20)28-15-17-10-8-16(2)9-11-17/h4-13,24H,3,14-15H2,1-2H3,(H,26,29). The Morgan fingerprint density at radius 1 is 1.07 bits per heavy atom. The lowest BCUT2D eigenvalue weighted by Gasteiger charge is -2.16. The second kappa shape index (κ2) is 8.49. The molecule has 2 N–H and O–H groups in total. The summed E-state index contributed by atoms with van der Waals surface area (Å²) in [5, 5.41) is 9.46. The Bertz CT molecular complexity index is 1180. The fraction of sp³-hybridized carbons (Fsp3) is 0.217. The van der Waals surface area contributed by atoms with Gasteiger partial charge in [0.1, 0.15) is 12.4 Å². The van der Waals surface area contributed by atoms with Gasteiger partial charge < -0.3 is 10.2 Å². The van der Waals surface area contributed by atoms with Crippen LogP contribution in [0, 0.1) is 11.7 Å². The van der Waals surface area contributed by atoms with Crippen molar-refractivity contribution >= 4 is 23.0 Å². The van der Waals surface area contributed by atoms with Crippen molar-refractivity contribution in [2.24, 2.45) is 0 Å². The molecule has 1 aromatic heterocycles. The molecule has 0 atom stereocenters. The Morgan fingerprint density at radius 2 is 1.86 bits per heavy atom. The molecule has 29 heavy (non-hydrogen) atoms. The quantitative estimate of drug-likeness (QED) is 0.411. The SMILES string of the molecule is CCc1n[nH]c(=S)n1NCc1c(OCc2ccc(C)cc2)ccc2ccccc12. The number of aromatic amines is 1. The molecule has 6 heteroatoms. The van der Waals surface area contributed by atoms with E-state index in [0.717, 1.165) is 34.5 Å². The van der Waals surface area contributed by atoms with Gasteiger partial charge in [-0.3, -0.25) is 5.10 Å². The molecule has 0 aliphatic carbocycles. The van der Waals surface area contributed by atoms with E-state index in [0.29, 0.717) is 17.9 Å². The van der Waals surface area contributed by atoms with Gasteiger partial charge in [-0.1, -0.05) is 67.1 Å². The number of rotatable bonds is 7. The molecule has 5 nitrogen and oxygen atoms in total. The number of fused-ring (bicyclic) bond motifs is 1. The summed E-state index contributed by atoms with van der Waals surface area (Å²) >= 11 is 5.36. The number of hydrogen-bond acceptors (Lipinski definition) is 4. The van der Waals surface area contributed by atoms with E-state index in [1.54, 1.807) is 0 Å². The van der Waals surface area contributed by atoms with Gasteiger partial charge >= 0.3 is 0 Å². The highest BCUT2D eigenvalue weighted by Gasteiger charge is 2.11. The Morgan fingerprint density at radius 3 is 2.66 bits per heavy atom. The molecule has 0 unspecified atom stereocenters. The number of nitrogens with zero attached hydrogens (tertiary/aromatic N) is 2. The number of benzene rings is 3. The number of H-pyrrole nitrogens is 1. The molecule has 0 saturated carbocycles. The average molecular weight is 405 g/mol. The van der Waals surface area contributed by atoms with Gasteiger partial charge in [0.15, 0.2) is 5.82 Å². The number of nitrogens with one attached hydrogen (secondary N) is 2. The van der Waals surface area contributed by atoms with Crippen LogP contribution in [0.2, 0.25) is 0 Å². The van der Waals surface area contributed by atoms with Crippen molar-refractivity contribution in [1.29, 1.82) is 0 Å². The van der Waals surface area contributed by atoms with Crippen LogP contribution in [0.15, 0.2) is 60.7 Å². The van der Waals surface area contributed by atoms with E-state index < -0.39 is 0 Å². The Labute approximate surface area is 175 Å². The van der Waals surface area contributed by atoms with Crippen molar-refractivity contribution < 1.29 is 4.74 Å². The molecule has 0 bridgehead atoms. The number of aryl methyl sites for hydroxylation is 2. The molecule has 0 radical (unpaired) electrons. The smallest absolute Gasteiger partial charge is 0.214 e. The maximum atomic E-state index is 6.23. The lowest BCUT2D eigenvalue weighted by molar-refractivity contribution is 0.303. The van der Waals surface area contributed by atoms with Gasteiger partial charge in [-0.15, -0.1) is 0 Å². The van der Waals surface area contributed by atoms with E-state index in [2.05, 4.69) is 78.0 Å². The molecule has 0 aliphatic rings. The Hall–Kier alpha value is -3.12. The maximum Gasteiger partial charge on any atom is 0.214 e. The fourth-order valence-corrected chi connectivity index (χ4v) is 3.58. The molecule has 148 valence electrons. The molecule has 0 saturated heterocycles. The highest BCUT2D eigenvalue weighted by atomic mass is 32.1. The molecule has 3 aromatic carbocycles. The average Bonchev–Trinajstić information content (AvgIpc) is 3.11. The van der Waals surface area contributed by atoms with E-state index in [-0.39, 0.29) is 0 Å². The lowest BCUT2D eigenvalue weighted by Crippen LogP contribution is -2.18. The second-order valence-electron chi connectivity index (χ2n) is 7.01. The van der Waals surface area contributed by atoms with E-state index in [4.69, 9.17) is 17.0 Å². The van der Waals surface area contributed by atoms with Crippen LogP contribution >= 0.6 is 12.2 Å². The zero-order valence-corrected chi connectivity index (χ0v) is 17.4. The van der Waals surface area contributed by atoms with Crippen molar-refractivity contribution in [1.82, 2.24) is 14.9 Å². The minimum Gasteiger partial charge on any atom is -0.489 e. The number of hydrogen-bond donors (Lipinski definition) is 2. The van der Waals surface area contributed by atoms with Gasteiger partial charge in [0, 0.05) is 12.0 Å². The topological polar surface area (TPSA) is 54.9 Å². The molecule has 0 aliphatic heterocycles. The predicted molar refractivity (Wildman–Crippen MR) is 119 cm³/mol. The molecule has 0 spiro atoms. The highest BCUT2D eigenvalue weighted by Crippen LogP contribution is 2.29. The second-order valence-corrected chi connectivity index (χ2v) is 7.39. The van der Waals surface area contributed by atoms with E-state index in [1.165, 1.54) is 10.9 Å². The van der Waals surface area contributed by atoms with Crippen molar-refractivity contribution in [3.8, 4) is 5.75 Å². The third kappa shape index (κ3) is 4.17. The van der Waals surface area contributed by atoms with Gasteiger partial charge in [0.25, 0.3) is 0 Å². The van der Waals surface area contributed by atoms with Gasteiger partial charge in [0.2, 0.25) is 4.77 Å². The third-order valence-electron chi connectivity index (χ3n) is 4.98. The summed E-state index contributed by atoms with van der Waals surface area (Å²) in [6.45, 7) is 5.24. The van der Waals surface area contributed by atoms with E-state index in [1.807, 2.05) is 16.8 Å². The summed E-state index contributed by atoms with van der Waals surface area (Å²) < 4.78 is 8.62. The van der Waals surface area contributed by atoms with Crippen LogP contribution in [0.25, 0.3) is 10.8 Å². The van der Waals surface area contributed by atoms with Crippen LogP contribution in [-0.2, 0) is 19.6 Å². The zero-order valence-electron chi connectivity index (χ0n) is 16.6. The maximum absolute atomic E-state index is 6.23. The molecule has 4 rings (SSSR count). The number of aromatic nitrogens is 3. The van der Waals surface area contributed by atoms with Gasteiger partial charge in [-0.25, -0.2) is 4.68 Å².